The van der Waals surface area contributed by atoms with Crippen molar-refractivity contribution in [2.75, 3.05) is 18.7 Å². The summed E-state index contributed by atoms with van der Waals surface area (Å²) < 4.78 is 5.24. The summed E-state index contributed by atoms with van der Waals surface area (Å²) in [5.74, 6) is 0.625. The Morgan fingerprint density at radius 1 is 1.33 bits per heavy atom. The van der Waals surface area contributed by atoms with E-state index in [-0.39, 0.29) is 12.3 Å². The third-order valence-corrected chi connectivity index (χ3v) is 5.45. The third-order valence-electron chi connectivity index (χ3n) is 4.44. The first-order valence-electron chi connectivity index (χ1n) is 7.67. The van der Waals surface area contributed by atoms with Crippen molar-refractivity contribution in [3.8, 4) is 5.75 Å². The normalized spacial score (nSPS) is 17.2. The van der Waals surface area contributed by atoms with E-state index in [0.29, 0.717) is 11.6 Å². The SMILES string of the molecule is COc1ccc2c(C)c(CC(=O)N3CSCC3C(=O)O)ccc2c1. The van der Waals surface area contributed by atoms with Gasteiger partial charge in [0.1, 0.15) is 11.8 Å². The summed E-state index contributed by atoms with van der Waals surface area (Å²) in [7, 11) is 1.63. The predicted molar refractivity (Wildman–Crippen MR) is 94.5 cm³/mol. The van der Waals surface area contributed by atoms with Gasteiger partial charge in [-0.3, -0.25) is 4.79 Å². The molecule has 1 unspecified atom stereocenters. The number of carbonyl (C=O) groups excluding carboxylic acids is 1. The first-order chi connectivity index (χ1) is 11.5. The molecule has 1 fully saturated rings. The number of carbonyl (C=O) groups is 2. The molecule has 1 heterocycles. The van der Waals surface area contributed by atoms with Gasteiger partial charge in [-0.25, -0.2) is 4.79 Å². The predicted octanol–water partition coefficient (Wildman–Crippen LogP) is 2.69. The van der Waals surface area contributed by atoms with Crippen LogP contribution in [0.3, 0.4) is 0 Å². The fourth-order valence-electron chi connectivity index (χ4n) is 2.98. The van der Waals surface area contributed by atoms with Gasteiger partial charge in [-0.1, -0.05) is 18.2 Å². The highest BCUT2D eigenvalue weighted by molar-refractivity contribution is 7.99. The van der Waals surface area contributed by atoms with Gasteiger partial charge in [0, 0.05) is 5.75 Å². The Morgan fingerprint density at radius 3 is 2.83 bits per heavy atom. The maximum absolute atomic E-state index is 12.5. The second-order valence-corrected chi connectivity index (χ2v) is 6.83. The lowest BCUT2D eigenvalue weighted by molar-refractivity contribution is -0.147. The van der Waals surface area contributed by atoms with E-state index >= 15 is 0 Å². The maximum Gasteiger partial charge on any atom is 0.327 e. The average molecular weight is 345 g/mol. The standard InChI is InChI=1S/C18H19NO4S/c1-11-12(3-4-13-7-14(23-2)5-6-15(11)13)8-17(20)19-10-24-9-16(19)18(21)22/h3-7,16H,8-10H2,1-2H3,(H,21,22). The molecule has 1 atom stereocenters. The molecule has 126 valence electrons. The van der Waals surface area contributed by atoms with Gasteiger partial charge < -0.3 is 14.7 Å². The topological polar surface area (TPSA) is 66.8 Å². The van der Waals surface area contributed by atoms with Crippen molar-refractivity contribution in [1.82, 2.24) is 4.90 Å². The Labute approximate surface area is 144 Å². The molecule has 1 N–H and O–H groups in total. The highest BCUT2D eigenvalue weighted by Gasteiger charge is 2.34. The number of thioether (sulfide) groups is 1. The van der Waals surface area contributed by atoms with E-state index in [1.54, 1.807) is 7.11 Å². The Bertz CT molecular complexity index is 805. The molecule has 1 aliphatic heterocycles. The van der Waals surface area contributed by atoms with Gasteiger partial charge in [-0.05, 0) is 41.0 Å². The molecular weight excluding hydrogens is 326 g/mol. The molecule has 0 radical (unpaired) electrons. The monoisotopic (exact) mass is 345 g/mol. The zero-order chi connectivity index (χ0) is 17.3. The van der Waals surface area contributed by atoms with Crippen LogP contribution in [0.15, 0.2) is 30.3 Å². The van der Waals surface area contributed by atoms with E-state index in [1.165, 1.54) is 16.7 Å². The van der Waals surface area contributed by atoms with Crippen molar-refractivity contribution in [3.63, 3.8) is 0 Å². The molecule has 0 aliphatic carbocycles. The average Bonchev–Trinajstić information content (AvgIpc) is 3.07. The van der Waals surface area contributed by atoms with Crippen LogP contribution in [-0.2, 0) is 16.0 Å². The maximum atomic E-state index is 12.5. The van der Waals surface area contributed by atoms with Gasteiger partial charge in [0.25, 0.3) is 0 Å². The minimum Gasteiger partial charge on any atom is -0.497 e. The quantitative estimate of drug-likeness (QED) is 0.923. The number of nitrogens with zero attached hydrogens (tertiary/aromatic N) is 1. The van der Waals surface area contributed by atoms with Crippen LogP contribution >= 0.6 is 11.8 Å². The van der Waals surface area contributed by atoms with E-state index in [1.807, 2.05) is 37.3 Å². The number of benzene rings is 2. The second kappa shape index (κ2) is 6.73. The summed E-state index contributed by atoms with van der Waals surface area (Å²) in [6.07, 6.45) is 0.220. The summed E-state index contributed by atoms with van der Waals surface area (Å²) in [6.45, 7) is 1.99. The van der Waals surface area contributed by atoms with Crippen LogP contribution in [0.5, 0.6) is 5.75 Å². The molecule has 0 spiro atoms. The number of ether oxygens (including phenoxy) is 1. The van der Waals surface area contributed by atoms with Crippen LogP contribution in [0.1, 0.15) is 11.1 Å². The van der Waals surface area contributed by atoms with E-state index in [4.69, 9.17) is 4.74 Å². The molecule has 0 aromatic heterocycles. The van der Waals surface area contributed by atoms with E-state index in [2.05, 4.69) is 0 Å². The summed E-state index contributed by atoms with van der Waals surface area (Å²) in [5, 5.41) is 11.4. The smallest absolute Gasteiger partial charge is 0.327 e. The van der Waals surface area contributed by atoms with E-state index in [9.17, 15) is 14.7 Å². The minimum absolute atomic E-state index is 0.136. The Kier molecular flexibility index (Phi) is 4.66. The van der Waals surface area contributed by atoms with Gasteiger partial charge >= 0.3 is 5.97 Å². The number of aryl methyl sites for hydroxylation is 1. The molecule has 0 bridgehead atoms. The van der Waals surface area contributed by atoms with Crippen molar-refractivity contribution < 1.29 is 19.4 Å². The molecule has 6 heteroatoms. The number of amides is 1. The van der Waals surface area contributed by atoms with Crippen molar-refractivity contribution in [2.45, 2.75) is 19.4 Å². The summed E-state index contributed by atoms with van der Waals surface area (Å²) >= 11 is 1.48. The van der Waals surface area contributed by atoms with Crippen LogP contribution in [-0.4, -0.2) is 46.7 Å². The molecule has 5 nitrogen and oxygen atoms in total. The minimum atomic E-state index is -0.935. The fraction of sp³-hybridized carbons (Fsp3) is 0.333. The van der Waals surface area contributed by atoms with Crippen LogP contribution in [0, 0.1) is 6.92 Å². The molecular formula is C18H19NO4S. The number of aliphatic carboxylic acids is 1. The van der Waals surface area contributed by atoms with Crippen molar-refractivity contribution in [2.24, 2.45) is 0 Å². The number of rotatable bonds is 4. The Hall–Kier alpha value is -2.21. The van der Waals surface area contributed by atoms with Crippen molar-refractivity contribution in [3.05, 3.63) is 41.5 Å². The van der Waals surface area contributed by atoms with Gasteiger partial charge in [0.15, 0.2) is 0 Å². The molecule has 3 rings (SSSR count). The lowest BCUT2D eigenvalue weighted by Gasteiger charge is -2.21. The first kappa shape index (κ1) is 16.6. The zero-order valence-electron chi connectivity index (χ0n) is 13.6. The molecule has 2 aromatic rings. The molecule has 1 amide bonds. The third kappa shape index (κ3) is 3.06. The number of carboxylic acids is 1. The highest BCUT2D eigenvalue weighted by Crippen LogP contribution is 2.27. The van der Waals surface area contributed by atoms with E-state index in [0.717, 1.165) is 27.6 Å². The number of hydrogen-bond donors (Lipinski definition) is 1. The Balaban J connectivity index is 1.86. The molecule has 1 saturated heterocycles. The lowest BCUT2D eigenvalue weighted by atomic mass is 9.97. The number of fused-ring (bicyclic) bond motifs is 1. The van der Waals surface area contributed by atoms with Crippen LogP contribution in [0.4, 0.5) is 0 Å². The van der Waals surface area contributed by atoms with E-state index < -0.39 is 12.0 Å². The number of hydrogen-bond acceptors (Lipinski definition) is 4. The summed E-state index contributed by atoms with van der Waals surface area (Å²) in [4.78, 5) is 25.3. The second-order valence-electron chi connectivity index (χ2n) is 5.83. The summed E-state index contributed by atoms with van der Waals surface area (Å²) in [5.41, 5.74) is 1.97. The molecule has 2 aromatic carbocycles. The molecule has 0 saturated carbocycles. The number of carboxylic acid groups (broad SMARTS) is 1. The molecule has 1 aliphatic rings. The fourth-order valence-corrected chi connectivity index (χ4v) is 4.16. The largest absolute Gasteiger partial charge is 0.497 e. The van der Waals surface area contributed by atoms with Crippen LogP contribution in [0.25, 0.3) is 10.8 Å². The Morgan fingerprint density at radius 2 is 2.12 bits per heavy atom. The van der Waals surface area contributed by atoms with Crippen LogP contribution in [0.2, 0.25) is 0 Å². The highest BCUT2D eigenvalue weighted by atomic mass is 32.2. The number of methoxy groups -OCH3 is 1. The van der Waals surface area contributed by atoms with Crippen molar-refractivity contribution >= 4 is 34.4 Å². The van der Waals surface area contributed by atoms with Crippen LogP contribution < -0.4 is 4.74 Å². The lowest BCUT2D eigenvalue weighted by Crippen LogP contribution is -2.42. The summed E-state index contributed by atoms with van der Waals surface area (Å²) in [6, 6.07) is 9.05. The molecule has 24 heavy (non-hydrogen) atoms. The van der Waals surface area contributed by atoms with Gasteiger partial charge in [0.05, 0.1) is 19.4 Å². The van der Waals surface area contributed by atoms with Gasteiger partial charge in [-0.15, -0.1) is 11.8 Å². The van der Waals surface area contributed by atoms with Gasteiger partial charge in [-0.2, -0.15) is 0 Å². The van der Waals surface area contributed by atoms with Crippen molar-refractivity contribution in [1.29, 1.82) is 0 Å². The zero-order valence-corrected chi connectivity index (χ0v) is 14.4. The van der Waals surface area contributed by atoms with Gasteiger partial charge in [0.2, 0.25) is 5.91 Å². The first-order valence-corrected chi connectivity index (χ1v) is 8.83.